The number of benzene rings is 2. The fourth-order valence-corrected chi connectivity index (χ4v) is 2.84. The zero-order valence-electron chi connectivity index (χ0n) is 12.7. The molecule has 0 fully saturated rings. The number of nitrogens with one attached hydrogen (secondary N) is 2. The lowest BCUT2D eigenvalue weighted by molar-refractivity contribution is -0.118. The van der Waals surface area contributed by atoms with Gasteiger partial charge in [0.25, 0.3) is 0 Å². The first-order valence-electron chi connectivity index (χ1n) is 7.22. The lowest BCUT2D eigenvalue weighted by atomic mass is 10.2. The van der Waals surface area contributed by atoms with Crippen LogP contribution >= 0.6 is 11.8 Å². The number of aromatic amines is 1. The van der Waals surface area contributed by atoms with Crippen LogP contribution in [0.5, 0.6) is 5.75 Å². The van der Waals surface area contributed by atoms with Crippen LogP contribution in [0.4, 0.5) is 0 Å². The summed E-state index contributed by atoms with van der Waals surface area (Å²) in [4.78, 5) is 19.6. The number of carbonyl (C=O) groups is 1. The molecule has 0 spiro atoms. The first-order chi connectivity index (χ1) is 11.2. The van der Waals surface area contributed by atoms with E-state index in [2.05, 4.69) is 15.3 Å². The molecule has 0 bridgehead atoms. The normalized spacial score (nSPS) is 10.7. The molecule has 0 saturated carbocycles. The third-order valence-electron chi connectivity index (χ3n) is 3.36. The van der Waals surface area contributed by atoms with Gasteiger partial charge in [0.1, 0.15) is 5.75 Å². The predicted molar refractivity (Wildman–Crippen MR) is 91.7 cm³/mol. The van der Waals surface area contributed by atoms with Gasteiger partial charge in [-0.05, 0) is 29.8 Å². The van der Waals surface area contributed by atoms with Gasteiger partial charge < -0.3 is 15.0 Å². The standard InChI is InChI=1S/C17H17N3O2S/c1-22-13-8-6-12(7-9-13)10-18-16(21)11-23-17-19-14-4-2-3-5-15(14)20-17/h2-9H,10-11H2,1H3,(H,18,21)(H,19,20). The number of hydrogen-bond donors (Lipinski definition) is 2. The van der Waals surface area contributed by atoms with Crippen molar-refractivity contribution in [1.29, 1.82) is 0 Å². The summed E-state index contributed by atoms with van der Waals surface area (Å²) in [6, 6.07) is 15.4. The second kappa shape index (κ2) is 7.19. The molecule has 2 N–H and O–H groups in total. The quantitative estimate of drug-likeness (QED) is 0.683. The van der Waals surface area contributed by atoms with Crippen LogP contribution in [0.3, 0.4) is 0 Å². The Labute approximate surface area is 138 Å². The number of fused-ring (bicyclic) bond motifs is 1. The molecule has 1 heterocycles. The van der Waals surface area contributed by atoms with E-state index in [1.165, 1.54) is 11.8 Å². The van der Waals surface area contributed by atoms with Crippen molar-refractivity contribution in [3.8, 4) is 5.75 Å². The Balaban J connectivity index is 1.49. The number of imidazole rings is 1. The Hall–Kier alpha value is -2.47. The maximum absolute atomic E-state index is 11.9. The van der Waals surface area contributed by atoms with Crippen molar-refractivity contribution in [2.75, 3.05) is 12.9 Å². The molecule has 1 amide bonds. The Morgan fingerprint density at radius 1 is 1.22 bits per heavy atom. The number of carbonyl (C=O) groups excluding carboxylic acids is 1. The average molecular weight is 327 g/mol. The minimum absolute atomic E-state index is 0.0220. The van der Waals surface area contributed by atoms with E-state index in [1.807, 2.05) is 48.5 Å². The van der Waals surface area contributed by atoms with Gasteiger partial charge in [0.15, 0.2) is 5.16 Å². The first kappa shape index (κ1) is 15.4. The predicted octanol–water partition coefficient (Wildman–Crippen LogP) is 2.98. The molecular formula is C17H17N3O2S. The SMILES string of the molecule is COc1ccc(CNC(=O)CSc2nc3ccccc3[nH]2)cc1. The number of nitrogens with zero attached hydrogens (tertiary/aromatic N) is 1. The van der Waals surface area contributed by atoms with E-state index in [4.69, 9.17) is 4.74 Å². The average Bonchev–Trinajstić information content (AvgIpc) is 3.01. The lowest BCUT2D eigenvalue weighted by Gasteiger charge is -2.05. The number of rotatable bonds is 6. The van der Waals surface area contributed by atoms with Crippen LogP contribution in [-0.4, -0.2) is 28.7 Å². The van der Waals surface area contributed by atoms with E-state index >= 15 is 0 Å². The van der Waals surface area contributed by atoms with Crippen molar-refractivity contribution in [3.63, 3.8) is 0 Å². The summed E-state index contributed by atoms with van der Waals surface area (Å²) in [5.74, 6) is 1.11. The van der Waals surface area contributed by atoms with E-state index in [9.17, 15) is 4.79 Å². The van der Waals surface area contributed by atoms with Crippen LogP contribution in [0.1, 0.15) is 5.56 Å². The molecule has 0 aliphatic heterocycles. The molecule has 23 heavy (non-hydrogen) atoms. The van der Waals surface area contributed by atoms with Crippen molar-refractivity contribution in [1.82, 2.24) is 15.3 Å². The minimum Gasteiger partial charge on any atom is -0.497 e. The number of methoxy groups -OCH3 is 1. The van der Waals surface area contributed by atoms with E-state index in [0.717, 1.165) is 27.5 Å². The van der Waals surface area contributed by atoms with Crippen molar-refractivity contribution in [3.05, 3.63) is 54.1 Å². The maximum Gasteiger partial charge on any atom is 0.230 e. The van der Waals surface area contributed by atoms with Gasteiger partial charge in [0.2, 0.25) is 5.91 Å². The van der Waals surface area contributed by atoms with Gasteiger partial charge >= 0.3 is 0 Å². The molecule has 0 aliphatic carbocycles. The maximum atomic E-state index is 11.9. The molecule has 3 rings (SSSR count). The summed E-state index contributed by atoms with van der Waals surface area (Å²) < 4.78 is 5.11. The van der Waals surface area contributed by atoms with Gasteiger partial charge in [0, 0.05) is 6.54 Å². The number of ether oxygens (including phenoxy) is 1. The fourth-order valence-electron chi connectivity index (χ4n) is 2.13. The Morgan fingerprint density at radius 2 is 2.00 bits per heavy atom. The summed E-state index contributed by atoms with van der Waals surface area (Å²) in [5, 5.41) is 3.65. The molecule has 0 saturated heterocycles. The van der Waals surface area contributed by atoms with Crippen molar-refractivity contribution in [2.24, 2.45) is 0 Å². The largest absolute Gasteiger partial charge is 0.497 e. The molecule has 6 heteroatoms. The monoisotopic (exact) mass is 327 g/mol. The lowest BCUT2D eigenvalue weighted by Crippen LogP contribution is -2.24. The summed E-state index contributed by atoms with van der Waals surface area (Å²) in [7, 11) is 1.63. The van der Waals surface area contributed by atoms with Crippen LogP contribution in [0, 0.1) is 0 Å². The van der Waals surface area contributed by atoms with Gasteiger partial charge in [-0.2, -0.15) is 0 Å². The smallest absolute Gasteiger partial charge is 0.230 e. The van der Waals surface area contributed by atoms with Crippen LogP contribution < -0.4 is 10.1 Å². The molecular weight excluding hydrogens is 310 g/mol. The van der Waals surface area contributed by atoms with Crippen LogP contribution in [0.2, 0.25) is 0 Å². The highest BCUT2D eigenvalue weighted by molar-refractivity contribution is 7.99. The van der Waals surface area contributed by atoms with Crippen LogP contribution in [0.15, 0.2) is 53.7 Å². The Kier molecular flexibility index (Phi) is 4.83. The van der Waals surface area contributed by atoms with Crippen molar-refractivity contribution in [2.45, 2.75) is 11.7 Å². The molecule has 2 aromatic carbocycles. The summed E-state index contributed by atoms with van der Waals surface area (Å²) >= 11 is 1.40. The molecule has 0 atom stereocenters. The van der Waals surface area contributed by atoms with Gasteiger partial charge in [0.05, 0.1) is 23.9 Å². The second-order valence-corrected chi connectivity index (χ2v) is 5.94. The number of para-hydroxylation sites is 2. The van der Waals surface area contributed by atoms with Gasteiger partial charge in [-0.3, -0.25) is 4.79 Å². The molecule has 0 unspecified atom stereocenters. The van der Waals surface area contributed by atoms with Gasteiger partial charge in [-0.15, -0.1) is 0 Å². The number of thioether (sulfide) groups is 1. The fraction of sp³-hybridized carbons (Fsp3) is 0.176. The number of amides is 1. The molecule has 0 aliphatic rings. The Bertz CT molecular complexity index is 766. The molecule has 5 nitrogen and oxygen atoms in total. The third kappa shape index (κ3) is 4.04. The molecule has 3 aromatic rings. The molecule has 118 valence electrons. The van der Waals surface area contributed by atoms with Crippen LogP contribution in [0.25, 0.3) is 11.0 Å². The number of aromatic nitrogens is 2. The molecule has 0 radical (unpaired) electrons. The highest BCUT2D eigenvalue weighted by atomic mass is 32.2. The highest BCUT2D eigenvalue weighted by Crippen LogP contribution is 2.18. The summed E-state index contributed by atoms with van der Waals surface area (Å²) in [6.07, 6.45) is 0. The summed E-state index contributed by atoms with van der Waals surface area (Å²) in [5.41, 5.74) is 2.93. The first-order valence-corrected chi connectivity index (χ1v) is 8.20. The summed E-state index contributed by atoms with van der Waals surface area (Å²) in [6.45, 7) is 0.503. The zero-order chi connectivity index (χ0) is 16.1. The van der Waals surface area contributed by atoms with E-state index in [-0.39, 0.29) is 5.91 Å². The third-order valence-corrected chi connectivity index (χ3v) is 4.23. The van der Waals surface area contributed by atoms with Crippen molar-refractivity contribution < 1.29 is 9.53 Å². The van der Waals surface area contributed by atoms with Crippen molar-refractivity contribution >= 4 is 28.7 Å². The van der Waals surface area contributed by atoms with Gasteiger partial charge in [-0.25, -0.2) is 4.98 Å². The zero-order valence-corrected chi connectivity index (χ0v) is 13.5. The Morgan fingerprint density at radius 3 is 2.74 bits per heavy atom. The van der Waals surface area contributed by atoms with Gasteiger partial charge in [-0.1, -0.05) is 36.0 Å². The topological polar surface area (TPSA) is 67.0 Å². The number of H-pyrrole nitrogens is 1. The van der Waals surface area contributed by atoms with E-state index in [1.54, 1.807) is 7.11 Å². The second-order valence-electron chi connectivity index (χ2n) is 4.97. The number of hydrogen-bond acceptors (Lipinski definition) is 4. The minimum atomic E-state index is -0.0220. The van der Waals surface area contributed by atoms with E-state index < -0.39 is 0 Å². The highest BCUT2D eigenvalue weighted by Gasteiger charge is 2.06. The van der Waals surface area contributed by atoms with Crippen LogP contribution in [-0.2, 0) is 11.3 Å². The molecule has 1 aromatic heterocycles. The van der Waals surface area contributed by atoms with E-state index in [0.29, 0.717) is 12.3 Å².